The fraction of sp³-hybridized carbons (Fsp3) is 1.00. The lowest BCUT2D eigenvalue weighted by atomic mass is 9.94. The summed E-state index contributed by atoms with van der Waals surface area (Å²) >= 11 is 0. The van der Waals surface area contributed by atoms with E-state index in [0.29, 0.717) is 13.1 Å². The van der Waals surface area contributed by atoms with E-state index in [-0.39, 0.29) is 0 Å². The average Bonchev–Trinajstić information content (AvgIpc) is 2.02. The zero-order valence-electron chi connectivity index (χ0n) is 9.02. The van der Waals surface area contributed by atoms with Gasteiger partial charge in [-0.1, -0.05) is 6.92 Å². The Morgan fingerprint density at radius 2 is 2.15 bits per heavy atom. The van der Waals surface area contributed by atoms with Crippen molar-refractivity contribution in [2.45, 2.75) is 25.4 Å². The fourth-order valence-corrected chi connectivity index (χ4v) is 2.14. The first kappa shape index (κ1) is 10.9. The van der Waals surface area contributed by atoms with Gasteiger partial charge < -0.3 is 9.80 Å². The summed E-state index contributed by atoms with van der Waals surface area (Å²) in [6.07, 6.45) is 1.72. The second-order valence-electron chi connectivity index (χ2n) is 4.36. The molecule has 0 aromatic heterocycles. The minimum absolute atomic E-state index is 0.559. The van der Waals surface area contributed by atoms with Crippen LogP contribution >= 0.6 is 0 Å². The molecule has 0 aliphatic carbocycles. The van der Waals surface area contributed by atoms with E-state index in [4.69, 9.17) is 0 Å². The van der Waals surface area contributed by atoms with Crippen molar-refractivity contribution in [2.24, 2.45) is 0 Å². The predicted molar refractivity (Wildman–Crippen MR) is 53.7 cm³/mol. The normalized spacial score (nSPS) is 31.2. The number of halogens is 1. The van der Waals surface area contributed by atoms with Crippen LogP contribution in [0.5, 0.6) is 0 Å². The summed E-state index contributed by atoms with van der Waals surface area (Å²) in [5.41, 5.74) is -0.974. The minimum Gasteiger partial charge on any atom is -0.306 e. The molecule has 1 aliphatic rings. The van der Waals surface area contributed by atoms with E-state index in [1.165, 1.54) is 0 Å². The van der Waals surface area contributed by atoms with E-state index < -0.39 is 5.67 Å². The Morgan fingerprint density at radius 3 is 2.69 bits per heavy atom. The maximum atomic E-state index is 14.2. The quantitative estimate of drug-likeness (QED) is 0.660. The molecular weight excluding hydrogens is 167 g/mol. The summed E-state index contributed by atoms with van der Waals surface area (Å²) in [7, 11) is 3.87. The molecule has 1 rings (SSSR count). The van der Waals surface area contributed by atoms with E-state index in [2.05, 4.69) is 11.8 Å². The van der Waals surface area contributed by atoms with Crippen LogP contribution in [0.25, 0.3) is 0 Å². The molecule has 0 aromatic rings. The second-order valence-corrected chi connectivity index (χ2v) is 4.36. The Kier molecular flexibility index (Phi) is 3.68. The third-order valence-electron chi connectivity index (χ3n) is 2.65. The molecule has 2 nitrogen and oxygen atoms in total. The maximum Gasteiger partial charge on any atom is 0.136 e. The van der Waals surface area contributed by atoms with Gasteiger partial charge in [0, 0.05) is 13.1 Å². The fourth-order valence-electron chi connectivity index (χ4n) is 2.14. The molecule has 13 heavy (non-hydrogen) atoms. The number of rotatable bonds is 3. The Labute approximate surface area is 80.7 Å². The molecule has 3 heteroatoms. The van der Waals surface area contributed by atoms with Crippen LogP contribution in [0.15, 0.2) is 0 Å². The molecule has 0 N–H and O–H groups in total. The smallest absolute Gasteiger partial charge is 0.136 e. The van der Waals surface area contributed by atoms with Gasteiger partial charge in [-0.25, -0.2) is 4.39 Å². The van der Waals surface area contributed by atoms with Crippen LogP contribution < -0.4 is 0 Å². The van der Waals surface area contributed by atoms with Crippen molar-refractivity contribution in [3.05, 3.63) is 0 Å². The SMILES string of the molecule is CCN1CCCC(F)(CN(C)C)C1. The largest absolute Gasteiger partial charge is 0.306 e. The Balaban J connectivity index is 2.47. The molecular formula is C10H21FN2. The van der Waals surface area contributed by atoms with Crippen LogP contribution in [0.1, 0.15) is 19.8 Å². The number of hydrogen-bond donors (Lipinski definition) is 0. The van der Waals surface area contributed by atoms with Crippen molar-refractivity contribution in [3.8, 4) is 0 Å². The van der Waals surface area contributed by atoms with E-state index in [9.17, 15) is 4.39 Å². The number of likely N-dealkylation sites (tertiary alicyclic amines) is 1. The molecule has 1 saturated heterocycles. The van der Waals surface area contributed by atoms with Crippen LogP contribution in [-0.2, 0) is 0 Å². The van der Waals surface area contributed by atoms with Crippen molar-refractivity contribution < 1.29 is 4.39 Å². The summed E-state index contributed by atoms with van der Waals surface area (Å²) in [6, 6.07) is 0. The van der Waals surface area contributed by atoms with Crippen molar-refractivity contribution >= 4 is 0 Å². The molecule has 0 bridgehead atoms. The van der Waals surface area contributed by atoms with Gasteiger partial charge in [0.15, 0.2) is 0 Å². The van der Waals surface area contributed by atoms with E-state index >= 15 is 0 Å². The molecule has 1 unspecified atom stereocenters. The van der Waals surface area contributed by atoms with Crippen molar-refractivity contribution in [1.29, 1.82) is 0 Å². The van der Waals surface area contributed by atoms with Gasteiger partial charge in [-0.3, -0.25) is 0 Å². The third-order valence-corrected chi connectivity index (χ3v) is 2.65. The summed E-state index contributed by atoms with van der Waals surface area (Å²) in [6.45, 7) is 5.31. The lowest BCUT2D eigenvalue weighted by Crippen LogP contribution is -2.50. The molecule has 0 spiro atoms. The van der Waals surface area contributed by atoms with Gasteiger partial charge in [0.2, 0.25) is 0 Å². The Bertz CT molecular complexity index is 161. The second kappa shape index (κ2) is 4.38. The van der Waals surface area contributed by atoms with Crippen molar-refractivity contribution in [3.63, 3.8) is 0 Å². The molecule has 78 valence electrons. The molecule has 0 aromatic carbocycles. The van der Waals surface area contributed by atoms with Gasteiger partial charge in [0.1, 0.15) is 5.67 Å². The van der Waals surface area contributed by atoms with Gasteiger partial charge in [0.05, 0.1) is 0 Å². The van der Waals surface area contributed by atoms with E-state index in [0.717, 1.165) is 25.9 Å². The van der Waals surface area contributed by atoms with Crippen LogP contribution in [0.2, 0.25) is 0 Å². The highest BCUT2D eigenvalue weighted by Crippen LogP contribution is 2.25. The number of hydrogen-bond acceptors (Lipinski definition) is 2. The molecule has 1 atom stereocenters. The van der Waals surface area contributed by atoms with Gasteiger partial charge in [0.25, 0.3) is 0 Å². The van der Waals surface area contributed by atoms with Crippen LogP contribution in [0.3, 0.4) is 0 Å². The van der Waals surface area contributed by atoms with Crippen LogP contribution in [-0.4, -0.2) is 55.7 Å². The van der Waals surface area contributed by atoms with Crippen molar-refractivity contribution in [2.75, 3.05) is 40.3 Å². The number of nitrogens with zero attached hydrogens (tertiary/aromatic N) is 2. The lowest BCUT2D eigenvalue weighted by molar-refractivity contribution is 0.0272. The molecule has 1 fully saturated rings. The first-order valence-electron chi connectivity index (χ1n) is 5.12. The van der Waals surface area contributed by atoms with Gasteiger partial charge in [-0.15, -0.1) is 0 Å². The number of alkyl halides is 1. The highest BCUT2D eigenvalue weighted by Gasteiger charge is 2.35. The van der Waals surface area contributed by atoms with Gasteiger partial charge in [-0.05, 0) is 40.0 Å². The average molecular weight is 188 g/mol. The summed E-state index contributed by atoms with van der Waals surface area (Å²) in [5, 5.41) is 0. The monoisotopic (exact) mass is 188 g/mol. The molecule has 0 saturated carbocycles. The first-order valence-corrected chi connectivity index (χ1v) is 5.12. The molecule has 0 radical (unpaired) electrons. The standard InChI is InChI=1S/C10H21FN2/c1-4-13-7-5-6-10(11,9-13)8-12(2)3/h4-9H2,1-3H3. The predicted octanol–water partition coefficient (Wildman–Crippen LogP) is 1.37. The molecule has 0 amide bonds. The van der Waals surface area contributed by atoms with Crippen LogP contribution in [0.4, 0.5) is 4.39 Å². The van der Waals surface area contributed by atoms with Gasteiger partial charge >= 0.3 is 0 Å². The highest BCUT2D eigenvalue weighted by atomic mass is 19.1. The maximum absolute atomic E-state index is 14.2. The minimum atomic E-state index is -0.974. The van der Waals surface area contributed by atoms with Crippen LogP contribution in [0, 0.1) is 0 Å². The zero-order valence-corrected chi connectivity index (χ0v) is 9.02. The topological polar surface area (TPSA) is 6.48 Å². The number of piperidine rings is 1. The van der Waals surface area contributed by atoms with E-state index in [1.54, 1.807) is 0 Å². The third kappa shape index (κ3) is 3.24. The van der Waals surface area contributed by atoms with Crippen molar-refractivity contribution in [1.82, 2.24) is 9.80 Å². The lowest BCUT2D eigenvalue weighted by Gasteiger charge is -2.38. The first-order chi connectivity index (χ1) is 6.06. The molecule has 1 aliphatic heterocycles. The van der Waals surface area contributed by atoms with E-state index in [1.807, 2.05) is 19.0 Å². The van der Waals surface area contributed by atoms with Gasteiger partial charge in [-0.2, -0.15) is 0 Å². The summed E-state index contributed by atoms with van der Waals surface area (Å²) < 4.78 is 14.2. The Hall–Kier alpha value is -0.150. The summed E-state index contributed by atoms with van der Waals surface area (Å²) in [5.74, 6) is 0. The Morgan fingerprint density at radius 1 is 1.46 bits per heavy atom. The summed E-state index contributed by atoms with van der Waals surface area (Å²) in [4.78, 5) is 4.14. The molecule has 1 heterocycles. The highest BCUT2D eigenvalue weighted by molar-refractivity contribution is 4.89. The zero-order chi connectivity index (χ0) is 9.90.